The van der Waals surface area contributed by atoms with Crippen LogP contribution in [0, 0.1) is 52.3 Å². The van der Waals surface area contributed by atoms with Gasteiger partial charge in [-0.25, -0.2) is 0 Å². The lowest BCUT2D eigenvalue weighted by Crippen LogP contribution is -2.57. The van der Waals surface area contributed by atoms with E-state index in [0.29, 0.717) is 47.7 Å². The van der Waals surface area contributed by atoms with Crippen LogP contribution in [0.15, 0.2) is 0 Å². The molecule has 5 nitrogen and oxygen atoms in total. The van der Waals surface area contributed by atoms with Crippen LogP contribution in [0.5, 0.6) is 0 Å². The maximum atomic E-state index is 10.6. The fourth-order valence-corrected chi connectivity index (χ4v) is 10.4. The van der Waals surface area contributed by atoms with E-state index < -0.39 is 18.0 Å². The first kappa shape index (κ1) is 22.3. The maximum absolute atomic E-state index is 10.6. The number of hydrogen-bond donors (Lipinski definition) is 3. The minimum Gasteiger partial charge on any atom is -0.396 e. The lowest BCUT2D eigenvalue weighted by atomic mass is 9.44. The number of aliphatic hydroxyl groups is 3. The molecular weight excluding hydrogens is 404 g/mol. The van der Waals surface area contributed by atoms with Crippen LogP contribution in [0.4, 0.5) is 0 Å². The average Bonchev–Trinajstić information content (AvgIpc) is 3.20. The summed E-state index contributed by atoms with van der Waals surface area (Å²) in [6.07, 6.45) is 8.83. The van der Waals surface area contributed by atoms with Crippen LogP contribution in [0.3, 0.4) is 0 Å². The van der Waals surface area contributed by atoms with Crippen molar-refractivity contribution in [1.29, 1.82) is 0 Å². The molecule has 0 radical (unpaired) electrons. The van der Waals surface area contributed by atoms with Gasteiger partial charge in [0.1, 0.15) is 0 Å². The number of rotatable bonds is 1. The molecule has 0 aromatic heterocycles. The lowest BCUT2D eigenvalue weighted by molar-refractivity contribution is -0.276. The van der Waals surface area contributed by atoms with Crippen LogP contribution in [-0.4, -0.2) is 52.6 Å². The molecular formula is C27H44O5. The first-order chi connectivity index (χ1) is 15.2. The third kappa shape index (κ3) is 2.87. The zero-order valence-corrected chi connectivity index (χ0v) is 20.2. The quantitative estimate of drug-likeness (QED) is 0.570. The third-order valence-electron chi connectivity index (χ3n) is 12.1. The molecule has 4 aliphatic carbocycles. The van der Waals surface area contributed by atoms with E-state index in [2.05, 4.69) is 20.8 Å². The Balaban J connectivity index is 1.24. The Labute approximate surface area is 193 Å². The molecule has 182 valence electrons. The Morgan fingerprint density at radius 3 is 2.44 bits per heavy atom. The summed E-state index contributed by atoms with van der Waals surface area (Å²) >= 11 is 0. The van der Waals surface area contributed by atoms with Crippen molar-refractivity contribution in [3.63, 3.8) is 0 Å². The van der Waals surface area contributed by atoms with E-state index in [1.807, 2.05) is 0 Å². The van der Waals surface area contributed by atoms with Gasteiger partial charge in [-0.05, 0) is 91.8 Å². The molecule has 4 saturated carbocycles. The van der Waals surface area contributed by atoms with Crippen molar-refractivity contribution in [3.8, 4) is 0 Å². The van der Waals surface area contributed by atoms with Gasteiger partial charge < -0.3 is 24.8 Å². The Morgan fingerprint density at radius 2 is 1.72 bits per heavy atom. The second-order valence-corrected chi connectivity index (χ2v) is 13.2. The topological polar surface area (TPSA) is 79.2 Å². The first-order valence-corrected chi connectivity index (χ1v) is 13.5. The molecule has 6 aliphatic rings. The third-order valence-corrected chi connectivity index (χ3v) is 12.1. The van der Waals surface area contributed by atoms with Crippen molar-refractivity contribution >= 4 is 0 Å². The molecule has 2 heterocycles. The van der Waals surface area contributed by atoms with Crippen LogP contribution in [0.1, 0.15) is 78.6 Å². The van der Waals surface area contributed by atoms with Crippen molar-refractivity contribution < 1.29 is 24.8 Å². The first-order valence-electron chi connectivity index (χ1n) is 13.5. The van der Waals surface area contributed by atoms with Gasteiger partial charge in [0, 0.05) is 24.9 Å². The van der Waals surface area contributed by atoms with Gasteiger partial charge in [-0.1, -0.05) is 20.8 Å². The summed E-state index contributed by atoms with van der Waals surface area (Å²) in [4.78, 5) is 0. The normalized spacial score (nSPS) is 61.7. The molecule has 11 unspecified atom stereocenters. The molecule has 2 saturated heterocycles. The molecule has 6 fully saturated rings. The van der Waals surface area contributed by atoms with Crippen molar-refractivity contribution in [2.75, 3.05) is 13.2 Å². The van der Waals surface area contributed by atoms with E-state index in [0.717, 1.165) is 38.0 Å². The number of fused-ring (bicyclic) bond motifs is 7. The highest BCUT2D eigenvalue weighted by Crippen LogP contribution is 2.71. The van der Waals surface area contributed by atoms with Crippen LogP contribution in [0.25, 0.3) is 0 Å². The fourth-order valence-electron chi connectivity index (χ4n) is 10.4. The number of ether oxygens (including phenoxy) is 2. The summed E-state index contributed by atoms with van der Waals surface area (Å²) in [5.74, 6) is 3.44. The molecule has 32 heavy (non-hydrogen) atoms. The van der Waals surface area contributed by atoms with Gasteiger partial charge in [0.25, 0.3) is 0 Å². The Hall–Kier alpha value is -0.200. The van der Waals surface area contributed by atoms with Gasteiger partial charge in [0.2, 0.25) is 0 Å². The Bertz CT molecular complexity index is 734. The van der Waals surface area contributed by atoms with Crippen LogP contribution >= 0.6 is 0 Å². The SMILES string of the molecule is CC1C2C(CC3C4CC[C@@H]5CC(O)[C@@H](O)CC5(C)C4CCC32C)OC12CCC(CO)CO2. The lowest BCUT2D eigenvalue weighted by Gasteiger charge is -2.61. The second kappa shape index (κ2) is 7.40. The molecule has 0 aromatic rings. The maximum Gasteiger partial charge on any atom is 0.171 e. The highest BCUT2D eigenvalue weighted by Gasteiger charge is 2.69. The largest absolute Gasteiger partial charge is 0.396 e. The molecule has 2 aliphatic heterocycles. The average molecular weight is 449 g/mol. The van der Waals surface area contributed by atoms with E-state index in [9.17, 15) is 15.3 Å². The zero-order valence-electron chi connectivity index (χ0n) is 20.2. The summed E-state index contributed by atoms with van der Waals surface area (Å²) in [5, 5.41) is 30.4. The molecule has 6 rings (SSSR count). The molecule has 1 spiro atoms. The van der Waals surface area contributed by atoms with E-state index in [-0.39, 0.29) is 17.9 Å². The van der Waals surface area contributed by atoms with E-state index >= 15 is 0 Å². The summed E-state index contributed by atoms with van der Waals surface area (Å²) < 4.78 is 13.2. The van der Waals surface area contributed by atoms with Crippen molar-refractivity contribution in [3.05, 3.63) is 0 Å². The second-order valence-electron chi connectivity index (χ2n) is 13.2. The van der Waals surface area contributed by atoms with Crippen molar-refractivity contribution in [1.82, 2.24) is 0 Å². The summed E-state index contributed by atoms with van der Waals surface area (Å²) in [6, 6.07) is 0. The van der Waals surface area contributed by atoms with Gasteiger partial charge in [-0.15, -0.1) is 0 Å². The number of aliphatic hydroxyl groups excluding tert-OH is 3. The fraction of sp³-hybridized carbons (Fsp3) is 1.00. The van der Waals surface area contributed by atoms with E-state index in [1.165, 1.54) is 25.7 Å². The van der Waals surface area contributed by atoms with Crippen molar-refractivity contribution in [2.24, 2.45) is 52.3 Å². The van der Waals surface area contributed by atoms with Crippen molar-refractivity contribution in [2.45, 2.75) is 103 Å². The molecule has 0 bridgehead atoms. The predicted molar refractivity (Wildman–Crippen MR) is 121 cm³/mol. The van der Waals surface area contributed by atoms with Gasteiger partial charge in [0.15, 0.2) is 5.79 Å². The molecule has 13 atom stereocenters. The highest BCUT2D eigenvalue weighted by atomic mass is 16.7. The van der Waals surface area contributed by atoms with Gasteiger partial charge in [-0.2, -0.15) is 0 Å². The van der Waals surface area contributed by atoms with Crippen LogP contribution in [-0.2, 0) is 9.47 Å². The summed E-state index contributed by atoms with van der Waals surface area (Å²) in [5.41, 5.74) is 0.474. The Morgan fingerprint density at radius 1 is 0.906 bits per heavy atom. The van der Waals surface area contributed by atoms with E-state index in [1.54, 1.807) is 0 Å². The smallest absolute Gasteiger partial charge is 0.171 e. The predicted octanol–water partition coefficient (Wildman–Crippen LogP) is 3.74. The highest BCUT2D eigenvalue weighted by molar-refractivity contribution is 5.15. The standard InChI is InChI=1S/C27H44O5/c1-15-24-23(32-27(15)9-6-16(13-28)14-31-27)11-20-18-5-4-17-10-21(29)22(30)12-26(17,3)19(18)7-8-25(20,24)2/h15-24,28-30H,4-14H2,1-3H3/t15?,16?,17-,18?,19?,20?,21?,22+,23?,24?,25?,26?,27?/m1/s1. The summed E-state index contributed by atoms with van der Waals surface area (Å²) in [7, 11) is 0. The van der Waals surface area contributed by atoms with Gasteiger partial charge in [-0.3, -0.25) is 0 Å². The van der Waals surface area contributed by atoms with Gasteiger partial charge >= 0.3 is 0 Å². The minimum absolute atomic E-state index is 0.167. The number of hydrogen-bond acceptors (Lipinski definition) is 5. The minimum atomic E-state index is -0.555. The monoisotopic (exact) mass is 448 g/mol. The molecule has 0 amide bonds. The van der Waals surface area contributed by atoms with Gasteiger partial charge in [0.05, 0.1) is 24.9 Å². The van der Waals surface area contributed by atoms with Crippen LogP contribution < -0.4 is 0 Å². The zero-order chi connectivity index (χ0) is 22.5. The molecule has 3 N–H and O–H groups in total. The molecule has 0 aromatic carbocycles. The Kier molecular flexibility index (Phi) is 5.15. The molecule has 5 heteroatoms. The summed E-state index contributed by atoms with van der Waals surface area (Å²) in [6.45, 7) is 8.21. The van der Waals surface area contributed by atoms with E-state index in [4.69, 9.17) is 9.47 Å². The van der Waals surface area contributed by atoms with Crippen LogP contribution in [0.2, 0.25) is 0 Å².